The van der Waals surface area contributed by atoms with Gasteiger partial charge in [-0.25, -0.2) is 0 Å². The third-order valence-electron chi connectivity index (χ3n) is 4.92. The zero-order valence-electron chi connectivity index (χ0n) is 19.8. The summed E-state index contributed by atoms with van der Waals surface area (Å²) in [5, 5.41) is 54.1. The number of hydrogen-bond donors (Lipinski definition) is 6. The molecule has 206 valence electrons. The highest BCUT2D eigenvalue weighted by Crippen LogP contribution is 2.00. The molecule has 16 nitrogen and oxygen atoms in total. The van der Waals surface area contributed by atoms with Gasteiger partial charge >= 0.3 is 35.8 Å². The fraction of sp³-hybridized carbons (Fsp3) is 0.700. The number of carbonyl (C=O) groups is 6. The van der Waals surface area contributed by atoms with Crippen LogP contribution >= 0.6 is 0 Å². The Hall–Kier alpha value is -3.34. The molecule has 0 aromatic heterocycles. The second-order valence-corrected chi connectivity index (χ2v) is 7.97. The van der Waals surface area contributed by atoms with Gasteiger partial charge in [-0.05, 0) is 0 Å². The minimum Gasteiger partial charge on any atom is -0.481 e. The molecule has 0 fully saturated rings. The zero-order chi connectivity index (χ0) is 27.7. The summed E-state index contributed by atoms with van der Waals surface area (Å²) < 4.78 is 0. The van der Waals surface area contributed by atoms with E-state index in [2.05, 4.69) is 0 Å². The Kier molecular flexibility index (Phi) is 16.3. The van der Waals surface area contributed by atoms with Crippen LogP contribution in [0.15, 0.2) is 0 Å². The number of nitrogens with zero attached hydrogens (tertiary/aromatic N) is 4. The van der Waals surface area contributed by atoms with E-state index in [0.717, 1.165) is 0 Å². The van der Waals surface area contributed by atoms with E-state index in [1.165, 1.54) is 19.6 Å². The molecular weight excluding hydrogens is 488 g/mol. The van der Waals surface area contributed by atoms with E-state index in [1.54, 1.807) is 0 Å². The van der Waals surface area contributed by atoms with Gasteiger partial charge in [0, 0.05) is 52.4 Å². The van der Waals surface area contributed by atoms with Crippen molar-refractivity contribution in [3.05, 3.63) is 0 Å². The predicted octanol–water partition coefficient (Wildman–Crippen LogP) is -2.52. The highest BCUT2D eigenvalue weighted by atomic mass is 16.4. The van der Waals surface area contributed by atoms with Crippen molar-refractivity contribution in [3.8, 4) is 0 Å². The Balaban J connectivity index is 5.14. The van der Waals surface area contributed by atoms with Gasteiger partial charge in [0.05, 0.1) is 39.0 Å². The van der Waals surface area contributed by atoms with Crippen molar-refractivity contribution in [2.24, 2.45) is 0 Å². The average molecular weight is 523 g/mol. The molecular formula is C20H34N4O12. The normalized spacial score (nSPS) is 11.3. The Morgan fingerprint density at radius 1 is 0.333 bits per heavy atom. The summed E-state index contributed by atoms with van der Waals surface area (Å²) in [6, 6.07) is 0. The van der Waals surface area contributed by atoms with Crippen molar-refractivity contribution in [1.82, 2.24) is 19.6 Å². The van der Waals surface area contributed by atoms with Gasteiger partial charge in [0.25, 0.3) is 0 Å². The molecule has 0 aliphatic rings. The fourth-order valence-electron chi connectivity index (χ4n) is 3.20. The molecule has 16 heteroatoms. The maximum atomic E-state index is 11.3. The lowest BCUT2D eigenvalue weighted by molar-refractivity contribution is -0.141. The molecule has 0 spiro atoms. The van der Waals surface area contributed by atoms with Crippen molar-refractivity contribution in [1.29, 1.82) is 0 Å². The smallest absolute Gasteiger partial charge is 0.317 e. The lowest BCUT2D eigenvalue weighted by Crippen LogP contribution is -2.46. The minimum atomic E-state index is -1.17. The Morgan fingerprint density at radius 2 is 0.528 bits per heavy atom. The lowest BCUT2D eigenvalue weighted by atomic mass is 10.3. The summed E-state index contributed by atoms with van der Waals surface area (Å²) in [4.78, 5) is 71.8. The maximum Gasteiger partial charge on any atom is 0.317 e. The molecule has 0 aliphatic carbocycles. The van der Waals surface area contributed by atoms with Crippen LogP contribution in [0.25, 0.3) is 0 Å². The summed E-state index contributed by atoms with van der Waals surface area (Å²) in [5.74, 6) is -6.92. The molecule has 0 unspecified atom stereocenters. The van der Waals surface area contributed by atoms with Crippen LogP contribution in [0.3, 0.4) is 0 Å². The minimum absolute atomic E-state index is 0.0521. The van der Waals surface area contributed by atoms with Gasteiger partial charge in [-0.2, -0.15) is 0 Å². The van der Waals surface area contributed by atoms with Gasteiger partial charge in [-0.3, -0.25) is 48.4 Å². The van der Waals surface area contributed by atoms with Crippen LogP contribution in [-0.2, 0) is 28.8 Å². The molecule has 0 heterocycles. The van der Waals surface area contributed by atoms with Crippen molar-refractivity contribution in [2.45, 2.75) is 12.8 Å². The largest absolute Gasteiger partial charge is 0.481 e. The first-order valence-electron chi connectivity index (χ1n) is 11.0. The Morgan fingerprint density at radius 3 is 0.694 bits per heavy atom. The second kappa shape index (κ2) is 18.0. The Labute approximate surface area is 206 Å². The summed E-state index contributed by atoms with van der Waals surface area (Å²) in [6.07, 6.45) is -0.597. The van der Waals surface area contributed by atoms with Gasteiger partial charge in [-0.15, -0.1) is 0 Å². The van der Waals surface area contributed by atoms with Crippen LogP contribution in [0.5, 0.6) is 0 Å². The predicted molar refractivity (Wildman–Crippen MR) is 121 cm³/mol. The standard InChI is InChI=1S/C20H34N4O12/c25-15(26)1-3-21(11-17(29)30)5-7-23(13-19(33)34)9-10-24(14-20(35)36)8-6-22(12-18(31)32)4-2-16(27)28/h1-14H2,(H,25,26)(H,27,28)(H,29,30)(H,31,32)(H,33,34)(H,35,36). The number of carboxylic acid groups (broad SMARTS) is 6. The molecule has 0 saturated carbocycles. The summed E-state index contributed by atoms with van der Waals surface area (Å²) >= 11 is 0. The fourth-order valence-corrected chi connectivity index (χ4v) is 3.20. The first kappa shape index (κ1) is 32.7. The number of carboxylic acids is 6. The van der Waals surface area contributed by atoms with Crippen molar-refractivity contribution in [3.63, 3.8) is 0 Å². The van der Waals surface area contributed by atoms with E-state index >= 15 is 0 Å². The average Bonchev–Trinajstić information content (AvgIpc) is 2.73. The molecule has 0 aromatic rings. The third kappa shape index (κ3) is 19.0. The number of aliphatic carboxylic acids is 6. The van der Waals surface area contributed by atoms with Crippen LogP contribution in [0.4, 0.5) is 0 Å². The van der Waals surface area contributed by atoms with Crippen molar-refractivity contribution in [2.75, 3.05) is 78.5 Å². The van der Waals surface area contributed by atoms with Crippen LogP contribution < -0.4 is 0 Å². The molecule has 0 bridgehead atoms. The molecule has 6 N–H and O–H groups in total. The van der Waals surface area contributed by atoms with E-state index in [1.807, 2.05) is 0 Å². The van der Waals surface area contributed by atoms with E-state index < -0.39 is 62.0 Å². The molecule has 0 amide bonds. The van der Waals surface area contributed by atoms with Crippen LogP contribution in [0.2, 0.25) is 0 Å². The lowest BCUT2D eigenvalue weighted by Gasteiger charge is -2.29. The molecule has 36 heavy (non-hydrogen) atoms. The highest BCUT2D eigenvalue weighted by Gasteiger charge is 2.19. The summed E-state index contributed by atoms with van der Waals surface area (Å²) in [5.41, 5.74) is 0. The highest BCUT2D eigenvalue weighted by molar-refractivity contribution is 5.71. The zero-order valence-corrected chi connectivity index (χ0v) is 19.8. The quantitative estimate of drug-likeness (QED) is 0.0811. The van der Waals surface area contributed by atoms with Crippen LogP contribution in [0, 0.1) is 0 Å². The molecule has 0 radical (unpaired) electrons. The van der Waals surface area contributed by atoms with Crippen LogP contribution in [0.1, 0.15) is 12.8 Å². The van der Waals surface area contributed by atoms with Gasteiger partial charge in [0.15, 0.2) is 0 Å². The van der Waals surface area contributed by atoms with E-state index in [0.29, 0.717) is 0 Å². The van der Waals surface area contributed by atoms with Crippen molar-refractivity contribution >= 4 is 35.8 Å². The van der Waals surface area contributed by atoms with Crippen molar-refractivity contribution < 1.29 is 59.4 Å². The Bertz CT molecular complexity index is 701. The first-order valence-corrected chi connectivity index (χ1v) is 11.0. The SMILES string of the molecule is O=C(O)CCN(CCN(CCN(CCN(CCC(=O)O)CC(=O)O)CC(=O)O)CC(=O)O)CC(=O)O. The van der Waals surface area contributed by atoms with Gasteiger partial charge < -0.3 is 30.6 Å². The van der Waals surface area contributed by atoms with E-state index in [-0.39, 0.29) is 65.2 Å². The maximum absolute atomic E-state index is 11.3. The molecule has 0 rings (SSSR count). The van der Waals surface area contributed by atoms with Crippen LogP contribution in [-0.4, -0.2) is 165 Å². The van der Waals surface area contributed by atoms with Gasteiger partial charge in [0.1, 0.15) is 0 Å². The number of rotatable bonds is 23. The molecule has 0 saturated heterocycles. The van der Waals surface area contributed by atoms with Gasteiger partial charge in [0.2, 0.25) is 0 Å². The monoisotopic (exact) mass is 522 g/mol. The van der Waals surface area contributed by atoms with E-state index in [4.69, 9.17) is 20.4 Å². The summed E-state index contributed by atoms with van der Waals surface area (Å²) in [6.45, 7) is -1.40. The van der Waals surface area contributed by atoms with Gasteiger partial charge in [-0.1, -0.05) is 0 Å². The second-order valence-electron chi connectivity index (χ2n) is 7.97. The topological polar surface area (TPSA) is 237 Å². The first-order chi connectivity index (χ1) is 16.8. The third-order valence-corrected chi connectivity index (χ3v) is 4.92. The summed E-state index contributed by atoms with van der Waals surface area (Å²) in [7, 11) is 0. The molecule has 0 atom stereocenters. The van der Waals surface area contributed by atoms with E-state index in [9.17, 15) is 39.0 Å². The molecule has 0 aliphatic heterocycles. The number of hydrogen-bond acceptors (Lipinski definition) is 10. The molecule has 0 aromatic carbocycles.